The van der Waals surface area contributed by atoms with Crippen LogP contribution in [0, 0.1) is 23.7 Å². The number of rotatable bonds is 4. The van der Waals surface area contributed by atoms with E-state index in [4.69, 9.17) is 0 Å². The molecule has 2 aliphatic heterocycles. The molecule has 7 aromatic rings. The molecule has 0 spiro atoms. The van der Waals surface area contributed by atoms with Gasteiger partial charge in [-0.1, -0.05) is 146 Å². The molecule has 0 bridgehead atoms. The summed E-state index contributed by atoms with van der Waals surface area (Å²) < 4.78 is 1.46. The zero-order valence-corrected chi connectivity index (χ0v) is 43.7. The Morgan fingerprint density at radius 3 is 1.11 bits per heavy atom. The zero-order valence-electron chi connectivity index (χ0n) is 40.6. The zero-order chi connectivity index (χ0) is 50.4. The van der Waals surface area contributed by atoms with Crippen LogP contribution < -0.4 is 9.80 Å². The second-order valence-electron chi connectivity index (χ2n) is 20.6. The summed E-state index contributed by atoms with van der Waals surface area (Å²) in [6.07, 6.45) is 13.7. The predicted molar refractivity (Wildman–Crippen MR) is 298 cm³/mol. The highest BCUT2D eigenvalue weighted by atomic mass is 79.9. The van der Waals surface area contributed by atoms with Crippen LogP contribution in [0.25, 0.3) is 32.7 Å². The quantitative estimate of drug-likeness (QED) is 0.130. The van der Waals surface area contributed by atoms with Crippen LogP contribution >= 0.6 is 31.9 Å². The van der Waals surface area contributed by atoms with Crippen LogP contribution in [-0.2, 0) is 10.8 Å². The largest absolute Gasteiger partial charge is 0.268 e. The van der Waals surface area contributed by atoms with E-state index in [1.807, 2.05) is 84.9 Å². The van der Waals surface area contributed by atoms with E-state index in [9.17, 15) is 19.2 Å². The molecule has 0 saturated carbocycles. The lowest BCUT2D eigenvalue weighted by Crippen LogP contribution is -2.41. The minimum atomic E-state index is -0.376. The van der Waals surface area contributed by atoms with Gasteiger partial charge >= 0.3 is 0 Å². The van der Waals surface area contributed by atoms with Gasteiger partial charge in [0.1, 0.15) is 0 Å². The van der Waals surface area contributed by atoms with Gasteiger partial charge in [0.05, 0.1) is 11.4 Å². The molecule has 11 rings (SSSR count). The van der Waals surface area contributed by atoms with Crippen LogP contribution in [0.3, 0.4) is 0 Å². The lowest BCUT2D eigenvalue weighted by Gasteiger charge is -2.31. The minimum absolute atomic E-state index is 0.124. The van der Waals surface area contributed by atoms with Crippen molar-refractivity contribution in [2.45, 2.75) is 65.2 Å². The van der Waals surface area contributed by atoms with Gasteiger partial charge in [-0.15, -0.1) is 0 Å². The lowest BCUT2D eigenvalue weighted by atomic mass is 9.84. The van der Waals surface area contributed by atoms with Crippen LogP contribution in [-0.4, -0.2) is 23.6 Å². The summed E-state index contributed by atoms with van der Waals surface area (Å²) >= 11 is 7.45. The molecule has 72 heavy (non-hydrogen) atoms. The number of benzene rings is 7. The van der Waals surface area contributed by atoms with Crippen LogP contribution in [0.15, 0.2) is 155 Å². The van der Waals surface area contributed by atoms with Crippen molar-refractivity contribution in [1.82, 2.24) is 0 Å². The summed E-state index contributed by atoms with van der Waals surface area (Å²) in [7, 11) is 0. The summed E-state index contributed by atoms with van der Waals surface area (Å²) in [5.41, 5.74) is 11.6. The second-order valence-corrected chi connectivity index (χ2v) is 22.3. The highest BCUT2D eigenvalue weighted by molar-refractivity contribution is 9.11. The Kier molecular flexibility index (Phi) is 11.4. The van der Waals surface area contributed by atoms with Gasteiger partial charge in [0.2, 0.25) is 0 Å². The monoisotopic (exact) mass is 1060 g/mol. The van der Waals surface area contributed by atoms with Crippen molar-refractivity contribution in [3.63, 3.8) is 0 Å². The van der Waals surface area contributed by atoms with Crippen molar-refractivity contribution >= 4 is 99.6 Å². The maximum Gasteiger partial charge on any atom is 0.266 e. The van der Waals surface area contributed by atoms with Gasteiger partial charge in [0.15, 0.2) is 0 Å². The Hall–Kier alpha value is -7.62. The third kappa shape index (κ3) is 7.91. The van der Waals surface area contributed by atoms with Crippen LogP contribution in [0.5, 0.6) is 0 Å². The number of halogens is 2. The Labute approximate surface area is 436 Å². The van der Waals surface area contributed by atoms with E-state index in [0.717, 1.165) is 66.3 Å². The summed E-state index contributed by atoms with van der Waals surface area (Å²) in [6, 6.07) is 34.2. The Morgan fingerprint density at radius 1 is 0.417 bits per heavy atom. The van der Waals surface area contributed by atoms with Crippen molar-refractivity contribution in [3.05, 3.63) is 221 Å². The average Bonchev–Trinajstić information content (AvgIpc) is 4.11. The first-order valence-corrected chi connectivity index (χ1v) is 25.5. The molecule has 0 radical (unpaired) electrons. The van der Waals surface area contributed by atoms with Gasteiger partial charge in [0, 0.05) is 86.1 Å². The first-order chi connectivity index (χ1) is 34.5. The third-order valence-electron chi connectivity index (χ3n) is 14.0. The minimum Gasteiger partial charge on any atom is -0.268 e. The maximum atomic E-state index is 14.5. The number of allylic oxidation sites excluding steroid dienone is 8. The van der Waals surface area contributed by atoms with Crippen molar-refractivity contribution in [3.8, 4) is 23.7 Å². The highest BCUT2D eigenvalue weighted by Gasteiger charge is 2.39. The van der Waals surface area contributed by atoms with Crippen molar-refractivity contribution in [1.29, 1.82) is 0 Å². The molecule has 0 N–H and O–H groups in total. The molecule has 0 fully saturated rings. The van der Waals surface area contributed by atoms with Gasteiger partial charge < -0.3 is 0 Å². The van der Waals surface area contributed by atoms with Crippen molar-refractivity contribution < 1.29 is 19.2 Å². The smallest absolute Gasteiger partial charge is 0.266 e. The molecule has 350 valence electrons. The molecule has 0 saturated heterocycles. The molecule has 2 aliphatic carbocycles. The molecule has 2 heterocycles. The van der Waals surface area contributed by atoms with E-state index in [1.165, 1.54) is 9.80 Å². The molecule has 0 atom stereocenters. The fourth-order valence-corrected chi connectivity index (χ4v) is 11.1. The van der Waals surface area contributed by atoms with Gasteiger partial charge in [-0.05, 0) is 143 Å². The Bertz CT molecular complexity index is 3590. The molecular formula is C64H46Br2N2O4. The number of amides is 4. The van der Waals surface area contributed by atoms with E-state index in [-0.39, 0.29) is 34.5 Å². The van der Waals surface area contributed by atoms with Gasteiger partial charge in [-0.2, -0.15) is 0 Å². The molecule has 4 amide bonds. The fraction of sp³-hybridized carbons (Fsp3) is 0.156. The lowest BCUT2D eigenvalue weighted by molar-refractivity contribution is 0.0877. The molecule has 0 unspecified atom stereocenters. The van der Waals surface area contributed by atoms with E-state index >= 15 is 0 Å². The summed E-state index contributed by atoms with van der Waals surface area (Å²) in [6.45, 7) is 12.9. The first kappa shape index (κ1) is 46.7. The summed E-state index contributed by atoms with van der Waals surface area (Å²) in [5.74, 6) is 11.7. The van der Waals surface area contributed by atoms with Gasteiger partial charge in [-0.3, -0.25) is 19.2 Å². The van der Waals surface area contributed by atoms with Gasteiger partial charge in [-0.25, -0.2) is 9.80 Å². The number of carbonyl (C=O) groups excluding carboxylic acids is 4. The molecular weight excluding hydrogens is 1020 g/mol. The Balaban J connectivity index is 0.881. The second kappa shape index (κ2) is 17.6. The molecule has 8 heteroatoms. The predicted octanol–water partition coefficient (Wildman–Crippen LogP) is 15.2. The van der Waals surface area contributed by atoms with Crippen LogP contribution in [0.2, 0.25) is 0 Å². The van der Waals surface area contributed by atoms with Crippen molar-refractivity contribution in [2.24, 2.45) is 0 Å². The number of carbonyl (C=O) groups is 4. The molecule has 6 nitrogen and oxygen atoms in total. The molecule has 4 aliphatic rings. The highest BCUT2D eigenvalue weighted by Crippen LogP contribution is 2.44. The maximum absolute atomic E-state index is 14.5. The van der Waals surface area contributed by atoms with E-state index in [0.29, 0.717) is 66.3 Å². The first-order valence-electron chi connectivity index (χ1n) is 23.9. The average molecular weight is 1070 g/mol. The standard InChI is InChI=1S/C64H46Br2N2O4/c1-63(2,3)43-25-33-53(49(35-43)39-11-7-8-12-39)67-59(69)45-27-23-41(55-51(65)31-29-47(57(45)55)61(67)71)21-19-37-15-17-38(18-16-37)20-22-42-24-28-46-58-48(30-32-52(66)56(42)58)62(72)68(60(46)70)54-34-26-44(64(4,5)6)36-50(54)40-13-9-10-14-40/h7-11,13,15-18,23-36H,12,14H2,1-6H3. The van der Waals surface area contributed by atoms with Gasteiger partial charge in [0.25, 0.3) is 23.6 Å². The number of hydrogen-bond acceptors (Lipinski definition) is 4. The van der Waals surface area contributed by atoms with E-state index < -0.39 is 0 Å². The fourth-order valence-electron chi connectivity index (χ4n) is 10.1. The van der Waals surface area contributed by atoms with E-state index in [2.05, 4.69) is 134 Å². The SMILES string of the molecule is CC(C)(C)c1ccc(N2C(=O)c3ccc(Br)c4c(C#Cc5ccc(C#Cc6ccc7c8c(ccc(Br)c68)C(=O)N(c6ccc(C(C)(C)C)cc6C6=CC=CC6)C7=O)cc5)ccc(c34)C2=O)c(C2=CC=CC2)c1. The molecule has 0 aromatic heterocycles. The number of hydrogen-bond donors (Lipinski definition) is 0. The van der Waals surface area contributed by atoms with Crippen LogP contribution in [0.4, 0.5) is 11.4 Å². The molecule has 7 aromatic carbocycles. The number of imide groups is 2. The summed E-state index contributed by atoms with van der Waals surface area (Å²) in [5, 5.41) is 2.56. The number of nitrogens with zero attached hydrogens (tertiary/aromatic N) is 2. The normalized spacial score (nSPS) is 15.0. The van der Waals surface area contributed by atoms with Crippen LogP contribution in [0.1, 0.15) is 140 Å². The van der Waals surface area contributed by atoms with E-state index in [1.54, 1.807) is 24.3 Å². The third-order valence-corrected chi connectivity index (χ3v) is 15.3. The number of anilines is 2. The topological polar surface area (TPSA) is 74.8 Å². The van der Waals surface area contributed by atoms with Crippen molar-refractivity contribution in [2.75, 3.05) is 9.80 Å². The Morgan fingerprint density at radius 2 is 0.778 bits per heavy atom. The summed E-state index contributed by atoms with van der Waals surface area (Å²) in [4.78, 5) is 60.7.